The monoisotopic (exact) mass is 170 g/mol. The van der Waals surface area contributed by atoms with Crippen molar-refractivity contribution in [2.24, 2.45) is 11.3 Å². The number of hydrogen-bond donors (Lipinski definition) is 1. The van der Waals surface area contributed by atoms with Crippen molar-refractivity contribution in [3.8, 4) is 0 Å². The Morgan fingerprint density at radius 2 is 2.00 bits per heavy atom. The Labute approximate surface area is 74.0 Å². The van der Waals surface area contributed by atoms with Gasteiger partial charge in [-0.3, -0.25) is 4.79 Å². The first-order valence-electron chi connectivity index (χ1n) is 4.62. The number of hydrogen-bond acceptors (Lipinski definition) is 2. The van der Waals surface area contributed by atoms with Crippen molar-refractivity contribution in [1.82, 2.24) is 0 Å². The van der Waals surface area contributed by atoms with E-state index in [1.54, 1.807) is 0 Å². The third kappa shape index (κ3) is 2.07. The molecule has 2 heteroatoms. The summed E-state index contributed by atoms with van der Waals surface area (Å²) in [5, 5.41) is 9.36. The van der Waals surface area contributed by atoms with Crippen LogP contribution in [-0.2, 0) is 4.79 Å². The van der Waals surface area contributed by atoms with Gasteiger partial charge in [-0.1, -0.05) is 20.8 Å². The molecule has 0 heterocycles. The van der Waals surface area contributed by atoms with Crippen molar-refractivity contribution in [3.05, 3.63) is 0 Å². The number of aliphatic hydroxyl groups is 1. The molecule has 1 N–H and O–H groups in total. The maximum Gasteiger partial charge on any atom is 0.161 e. The summed E-state index contributed by atoms with van der Waals surface area (Å²) in [6, 6.07) is 0. The highest BCUT2D eigenvalue weighted by Crippen LogP contribution is 2.36. The standard InChI is InChI=1S/C10H18O2/c1-10(2,3)7-4-5-8(11)9(12)6-7/h7,9,12H,4-6H2,1-3H3. The van der Waals surface area contributed by atoms with Gasteiger partial charge in [-0.25, -0.2) is 0 Å². The lowest BCUT2D eigenvalue weighted by atomic mass is 9.71. The van der Waals surface area contributed by atoms with Gasteiger partial charge in [0, 0.05) is 6.42 Å². The molecule has 2 atom stereocenters. The first-order chi connectivity index (χ1) is 5.41. The van der Waals surface area contributed by atoms with Gasteiger partial charge >= 0.3 is 0 Å². The summed E-state index contributed by atoms with van der Waals surface area (Å²) in [5.41, 5.74) is 0.224. The van der Waals surface area contributed by atoms with Crippen LogP contribution in [0.4, 0.5) is 0 Å². The van der Waals surface area contributed by atoms with Crippen LogP contribution in [0.1, 0.15) is 40.0 Å². The van der Waals surface area contributed by atoms with Crippen molar-refractivity contribution in [3.63, 3.8) is 0 Å². The van der Waals surface area contributed by atoms with Crippen molar-refractivity contribution >= 4 is 5.78 Å². The zero-order valence-electron chi connectivity index (χ0n) is 8.13. The van der Waals surface area contributed by atoms with Gasteiger partial charge in [-0.15, -0.1) is 0 Å². The van der Waals surface area contributed by atoms with Gasteiger partial charge in [0.2, 0.25) is 0 Å². The van der Waals surface area contributed by atoms with E-state index in [2.05, 4.69) is 20.8 Å². The molecule has 0 aromatic carbocycles. The second kappa shape index (κ2) is 3.17. The van der Waals surface area contributed by atoms with E-state index in [1.807, 2.05) is 0 Å². The molecule has 0 amide bonds. The molecule has 0 spiro atoms. The van der Waals surface area contributed by atoms with Crippen LogP contribution >= 0.6 is 0 Å². The average Bonchev–Trinajstić information content (AvgIpc) is 1.92. The van der Waals surface area contributed by atoms with Gasteiger partial charge in [0.15, 0.2) is 5.78 Å². The van der Waals surface area contributed by atoms with Gasteiger partial charge in [0.25, 0.3) is 0 Å². The summed E-state index contributed by atoms with van der Waals surface area (Å²) in [5.74, 6) is 0.515. The van der Waals surface area contributed by atoms with E-state index in [4.69, 9.17) is 0 Å². The van der Waals surface area contributed by atoms with E-state index in [0.717, 1.165) is 6.42 Å². The quantitative estimate of drug-likeness (QED) is 0.601. The number of carbonyl (C=O) groups is 1. The minimum atomic E-state index is -0.692. The SMILES string of the molecule is CC(C)(C)C1CCC(=O)C(O)C1. The highest BCUT2D eigenvalue weighted by Gasteiger charge is 2.33. The number of aliphatic hydroxyl groups excluding tert-OH is 1. The zero-order valence-corrected chi connectivity index (χ0v) is 8.13. The van der Waals surface area contributed by atoms with Gasteiger partial charge in [0.1, 0.15) is 6.10 Å². The van der Waals surface area contributed by atoms with Crippen molar-refractivity contribution < 1.29 is 9.90 Å². The van der Waals surface area contributed by atoms with Crippen LogP contribution in [0.3, 0.4) is 0 Å². The molecule has 1 fully saturated rings. The molecular formula is C10H18O2. The van der Waals surface area contributed by atoms with E-state index in [9.17, 15) is 9.90 Å². The Morgan fingerprint density at radius 3 is 2.42 bits per heavy atom. The van der Waals surface area contributed by atoms with Crippen LogP contribution < -0.4 is 0 Å². The fourth-order valence-electron chi connectivity index (χ4n) is 1.79. The van der Waals surface area contributed by atoms with Crippen molar-refractivity contribution in [2.75, 3.05) is 0 Å². The van der Waals surface area contributed by atoms with Crippen LogP contribution in [0.25, 0.3) is 0 Å². The maximum atomic E-state index is 11.0. The molecule has 0 saturated heterocycles. The van der Waals surface area contributed by atoms with Crippen LogP contribution in [0, 0.1) is 11.3 Å². The minimum absolute atomic E-state index is 0.0236. The van der Waals surface area contributed by atoms with Gasteiger partial charge < -0.3 is 5.11 Å². The molecule has 70 valence electrons. The van der Waals surface area contributed by atoms with Gasteiger partial charge in [-0.05, 0) is 24.2 Å². The predicted molar refractivity (Wildman–Crippen MR) is 47.8 cm³/mol. The van der Waals surface area contributed by atoms with E-state index in [1.165, 1.54) is 0 Å². The van der Waals surface area contributed by atoms with Crippen LogP contribution in [-0.4, -0.2) is 17.0 Å². The number of ketones is 1. The first-order valence-corrected chi connectivity index (χ1v) is 4.62. The lowest BCUT2D eigenvalue weighted by Gasteiger charge is -2.35. The molecule has 1 aliphatic carbocycles. The predicted octanol–water partition coefficient (Wildman–Crippen LogP) is 1.76. The molecule has 0 radical (unpaired) electrons. The number of carbonyl (C=O) groups excluding carboxylic acids is 1. The number of rotatable bonds is 0. The van der Waals surface area contributed by atoms with Crippen LogP contribution in [0.2, 0.25) is 0 Å². The van der Waals surface area contributed by atoms with Crippen LogP contribution in [0.5, 0.6) is 0 Å². The Hall–Kier alpha value is -0.370. The second-order valence-corrected chi connectivity index (χ2v) is 4.82. The highest BCUT2D eigenvalue weighted by atomic mass is 16.3. The zero-order chi connectivity index (χ0) is 9.35. The molecule has 2 nitrogen and oxygen atoms in total. The smallest absolute Gasteiger partial charge is 0.161 e. The maximum absolute atomic E-state index is 11.0. The van der Waals surface area contributed by atoms with E-state index < -0.39 is 6.10 Å². The van der Waals surface area contributed by atoms with Crippen molar-refractivity contribution in [1.29, 1.82) is 0 Å². The summed E-state index contributed by atoms with van der Waals surface area (Å²) < 4.78 is 0. The summed E-state index contributed by atoms with van der Waals surface area (Å²) in [6.45, 7) is 6.50. The molecule has 0 aromatic heterocycles. The summed E-state index contributed by atoms with van der Waals surface area (Å²) in [7, 11) is 0. The van der Waals surface area contributed by atoms with E-state index in [-0.39, 0.29) is 11.2 Å². The third-order valence-electron chi connectivity index (χ3n) is 2.84. The molecule has 1 saturated carbocycles. The molecule has 0 aromatic rings. The Bertz CT molecular complexity index is 179. The molecule has 1 aliphatic rings. The highest BCUT2D eigenvalue weighted by molar-refractivity contribution is 5.83. The number of Topliss-reactive ketones (excluding diaryl/α,β-unsaturated/α-hetero) is 1. The molecule has 2 unspecified atom stereocenters. The minimum Gasteiger partial charge on any atom is -0.385 e. The van der Waals surface area contributed by atoms with Crippen molar-refractivity contribution in [2.45, 2.75) is 46.1 Å². The molecule has 0 bridgehead atoms. The summed E-state index contributed by atoms with van der Waals surface area (Å²) in [6.07, 6.45) is 1.47. The van der Waals surface area contributed by atoms with E-state index >= 15 is 0 Å². The Balaban J connectivity index is 2.57. The summed E-state index contributed by atoms with van der Waals surface area (Å²) in [4.78, 5) is 11.0. The Morgan fingerprint density at radius 1 is 1.42 bits per heavy atom. The normalized spacial score (nSPS) is 32.2. The molecule has 0 aliphatic heterocycles. The Kier molecular flexibility index (Phi) is 2.57. The molecular weight excluding hydrogens is 152 g/mol. The first kappa shape index (κ1) is 9.72. The third-order valence-corrected chi connectivity index (χ3v) is 2.84. The van der Waals surface area contributed by atoms with E-state index in [0.29, 0.717) is 18.8 Å². The van der Waals surface area contributed by atoms with Gasteiger partial charge in [0.05, 0.1) is 0 Å². The fraction of sp³-hybridized carbons (Fsp3) is 0.900. The van der Waals surface area contributed by atoms with Crippen LogP contribution in [0.15, 0.2) is 0 Å². The molecule has 1 rings (SSSR count). The topological polar surface area (TPSA) is 37.3 Å². The largest absolute Gasteiger partial charge is 0.385 e. The average molecular weight is 170 g/mol. The second-order valence-electron chi connectivity index (χ2n) is 4.82. The fourth-order valence-corrected chi connectivity index (χ4v) is 1.79. The lowest BCUT2D eigenvalue weighted by Crippen LogP contribution is -2.35. The summed E-state index contributed by atoms with van der Waals surface area (Å²) >= 11 is 0. The molecule has 12 heavy (non-hydrogen) atoms. The lowest BCUT2D eigenvalue weighted by molar-refractivity contribution is -0.131. The van der Waals surface area contributed by atoms with Gasteiger partial charge in [-0.2, -0.15) is 0 Å².